The van der Waals surface area contributed by atoms with Gasteiger partial charge >= 0.3 is 0 Å². The highest BCUT2D eigenvalue weighted by molar-refractivity contribution is 9.10. The van der Waals surface area contributed by atoms with Crippen LogP contribution in [-0.2, 0) is 17.6 Å². The molecule has 0 bridgehead atoms. The molecule has 5 rings (SSSR count). The average Bonchev–Trinajstić information content (AvgIpc) is 3.09. The van der Waals surface area contributed by atoms with Crippen LogP contribution in [0.2, 0.25) is 0 Å². The Morgan fingerprint density at radius 3 is 2.88 bits per heavy atom. The number of carbonyl (C=O) groups excluding carboxylic acids is 1. The molecule has 0 unspecified atom stereocenters. The van der Waals surface area contributed by atoms with Crippen LogP contribution in [0.15, 0.2) is 47.1 Å². The number of rotatable bonds is 1. The fourth-order valence-corrected chi connectivity index (χ4v) is 4.17. The van der Waals surface area contributed by atoms with Gasteiger partial charge in [-0.1, -0.05) is 22.0 Å². The maximum absolute atomic E-state index is 12.9. The zero-order valence-electron chi connectivity index (χ0n) is 13.6. The van der Waals surface area contributed by atoms with E-state index in [1.54, 1.807) is 0 Å². The number of amides is 1. The van der Waals surface area contributed by atoms with Crippen molar-refractivity contribution < 1.29 is 4.79 Å². The van der Waals surface area contributed by atoms with Gasteiger partial charge < -0.3 is 5.32 Å². The normalized spacial score (nSPS) is 15.9. The molecule has 0 saturated heterocycles. The van der Waals surface area contributed by atoms with Gasteiger partial charge in [0.2, 0.25) is 5.91 Å². The second-order valence-corrected chi connectivity index (χ2v) is 7.46. The van der Waals surface area contributed by atoms with E-state index in [0.29, 0.717) is 6.42 Å². The van der Waals surface area contributed by atoms with E-state index in [1.165, 1.54) is 5.56 Å². The van der Waals surface area contributed by atoms with E-state index in [4.69, 9.17) is 0 Å². The first-order chi connectivity index (χ1) is 12.2. The van der Waals surface area contributed by atoms with Gasteiger partial charge in [0.1, 0.15) is 0 Å². The summed E-state index contributed by atoms with van der Waals surface area (Å²) >= 11 is 3.55. The summed E-state index contributed by atoms with van der Waals surface area (Å²) in [5, 5.41) is 4.41. The molecule has 4 nitrogen and oxygen atoms in total. The molecule has 5 heteroatoms. The molecule has 25 heavy (non-hydrogen) atoms. The van der Waals surface area contributed by atoms with Gasteiger partial charge in [-0.3, -0.25) is 14.7 Å². The third-order valence-electron chi connectivity index (χ3n) is 5.02. The topological polar surface area (TPSA) is 45.2 Å². The molecular formula is C20H16BrN3O. The summed E-state index contributed by atoms with van der Waals surface area (Å²) in [5.74, 6) is 0.137. The number of anilines is 3. The number of aromatic nitrogens is 1. The van der Waals surface area contributed by atoms with E-state index in [1.807, 2.05) is 23.2 Å². The molecular weight excluding hydrogens is 378 g/mol. The summed E-state index contributed by atoms with van der Waals surface area (Å²) in [6.45, 7) is 0.961. The van der Waals surface area contributed by atoms with Crippen molar-refractivity contribution in [2.45, 2.75) is 19.3 Å². The first-order valence-electron chi connectivity index (χ1n) is 8.47. The largest absolute Gasteiger partial charge is 0.384 e. The molecule has 1 aromatic heterocycles. The van der Waals surface area contributed by atoms with Crippen LogP contribution in [0.5, 0.6) is 0 Å². The highest BCUT2D eigenvalue weighted by Gasteiger charge is 2.28. The van der Waals surface area contributed by atoms with Crippen LogP contribution in [0.25, 0.3) is 10.9 Å². The minimum absolute atomic E-state index is 0.137. The van der Waals surface area contributed by atoms with Crippen LogP contribution in [-0.4, -0.2) is 17.4 Å². The van der Waals surface area contributed by atoms with Gasteiger partial charge in [0.05, 0.1) is 16.9 Å². The number of benzene rings is 2. The number of carbonyl (C=O) groups is 1. The second kappa shape index (κ2) is 5.56. The van der Waals surface area contributed by atoms with Crippen molar-refractivity contribution in [3.8, 4) is 0 Å². The lowest BCUT2D eigenvalue weighted by Crippen LogP contribution is -2.31. The molecule has 2 aliphatic heterocycles. The van der Waals surface area contributed by atoms with Gasteiger partial charge in [0.25, 0.3) is 0 Å². The van der Waals surface area contributed by atoms with Crippen molar-refractivity contribution in [3.05, 3.63) is 58.2 Å². The summed E-state index contributed by atoms with van der Waals surface area (Å²) in [4.78, 5) is 19.3. The van der Waals surface area contributed by atoms with Crippen LogP contribution in [0.4, 0.5) is 17.1 Å². The Balaban J connectivity index is 1.76. The molecule has 0 spiro atoms. The number of hydrogen-bond acceptors (Lipinski definition) is 3. The summed E-state index contributed by atoms with van der Waals surface area (Å²) < 4.78 is 0.990. The smallest absolute Gasteiger partial charge is 0.231 e. The molecule has 0 fully saturated rings. The van der Waals surface area contributed by atoms with E-state index in [2.05, 4.69) is 50.5 Å². The molecule has 0 saturated carbocycles. The monoisotopic (exact) mass is 393 g/mol. The molecule has 1 amide bonds. The lowest BCUT2D eigenvalue weighted by Gasteiger charge is -2.31. The van der Waals surface area contributed by atoms with Crippen LogP contribution in [0.3, 0.4) is 0 Å². The lowest BCUT2D eigenvalue weighted by atomic mass is 9.98. The molecule has 0 atom stereocenters. The van der Waals surface area contributed by atoms with Gasteiger partial charge in [-0.25, -0.2) is 0 Å². The zero-order valence-corrected chi connectivity index (χ0v) is 15.1. The Morgan fingerprint density at radius 2 is 1.96 bits per heavy atom. The average molecular weight is 394 g/mol. The molecule has 0 radical (unpaired) electrons. The SMILES string of the molecule is O=C1CCc2cnc3ccc(Br)cc3c2N1c1ccc2c(c1)NCC2. The number of pyridine rings is 1. The second-order valence-electron chi connectivity index (χ2n) is 6.54. The van der Waals surface area contributed by atoms with Gasteiger partial charge in [0.15, 0.2) is 0 Å². The van der Waals surface area contributed by atoms with Crippen LogP contribution < -0.4 is 10.2 Å². The minimum atomic E-state index is 0.137. The third kappa shape index (κ3) is 2.34. The quantitative estimate of drug-likeness (QED) is 0.658. The zero-order chi connectivity index (χ0) is 17.0. The minimum Gasteiger partial charge on any atom is -0.384 e. The maximum Gasteiger partial charge on any atom is 0.231 e. The lowest BCUT2D eigenvalue weighted by molar-refractivity contribution is -0.118. The Hall–Kier alpha value is -2.40. The fraction of sp³-hybridized carbons (Fsp3) is 0.200. The molecule has 124 valence electrons. The summed E-state index contributed by atoms with van der Waals surface area (Å²) in [6, 6.07) is 12.3. The number of hydrogen-bond donors (Lipinski definition) is 1. The Labute approximate surface area is 154 Å². The fourth-order valence-electron chi connectivity index (χ4n) is 3.81. The Bertz CT molecular complexity index is 1030. The van der Waals surface area contributed by atoms with Crippen molar-refractivity contribution in [1.29, 1.82) is 0 Å². The predicted molar refractivity (Wildman–Crippen MR) is 104 cm³/mol. The molecule has 2 aromatic carbocycles. The van der Waals surface area contributed by atoms with E-state index in [0.717, 1.165) is 57.4 Å². The van der Waals surface area contributed by atoms with E-state index in [9.17, 15) is 4.79 Å². The molecule has 2 aliphatic rings. The summed E-state index contributed by atoms with van der Waals surface area (Å²) in [6.07, 6.45) is 4.21. The van der Waals surface area contributed by atoms with Crippen LogP contribution in [0, 0.1) is 0 Å². The van der Waals surface area contributed by atoms with E-state index < -0.39 is 0 Å². The standard InChI is InChI=1S/C20H16BrN3O/c21-14-3-5-17-16(9-14)20-13(11-23-17)2-6-19(25)24(20)15-4-1-12-7-8-22-18(12)10-15/h1,3-5,9-11,22H,2,6-8H2. The third-order valence-corrected chi connectivity index (χ3v) is 5.51. The van der Waals surface area contributed by atoms with Gasteiger partial charge in [-0.05, 0) is 54.3 Å². The summed E-state index contributed by atoms with van der Waals surface area (Å²) in [5.41, 5.74) is 6.37. The van der Waals surface area contributed by atoms with Gasteiger partial charge in [-0.2, -0.15) is 0 Å². The van der Waals surface area contributed by atoms with Crippen molar-refractivity contribution >= 4 is 49.8 Å². The van der Waals surface area contributed by atoms with Gasteiger partial charge in [-0.15, -0.1) is 0 Å². The van der Waals surface area contributed by atoms with E-state index in [-0.39, 0.29) is 5.91 Å². The van der Waals surface area contributed by atoms with Crippen molar-refractivity contribution in [3.63, 3.8) is 0 Å². The number of fused-ring (bicyclic) bond motifs is 4. The van der Waals surface area contributed by atoms with Crippen LogP contribution >= 0.6 is 15.9 Å². The maximum atomic E-state index is 12.9. The van der Waals surface area contributed by atoms with Gasteiger partial charge in [0, 0.05) is 34.7 Å². The predicted octanol–water partition coefficient (Wildman–Crippen LogP) is 4.58. The molecule has 3 aromatic rings. The first kappa shape index (κ1) is 14.9. The van der Waals surface area contributed by atoms with Crippen molar-refractivity contribution in [1.82, 2.24) is 4.98 Å². The molecule has 3 heterocycles. The Morgan fingerprint density at radius 1 is 1.04 bits per heavy atom. The molecule has 1 N–H and O–H groups in total. The molecule has 0 aliphatic carbocycles. The van der Waals surface area contributed by atoms with E-state index >= 15 is 0 Å². The highest BCUT2D eigenvalue weighted by atomic mass is 79.9. The number of halogens is 1. The Kier molecular flexibility index (Phi) is 3.31. The number of aryl methyl sites for hydroxylation is 1. The highest BCUT2D eigenvalue weighted by Crippen LogP contribution is 2.41. The summed E-state index contributed by atoms with van der Waals surface area (Å²) in [7, 11) is 0. The number of nitrogens with one attached hydrogen (secondary N) is 1. The van der Waals surface area contributed by atoms with Crippen LogP contribution in [0.1, 0.15) is 17.5 Å². The van der Waals surface area contributed by atoms with Crippen molar-refractivity contribution in [2.75, 3.05) is 16.8 Å². The first-order valence-corrected chi connectivity index (χ1v) is 9.27. The van der Waals surface area contributed by atoms with Crippen molar-refractivity contribution in [2.24, 2.45) is 0 Å². The number of nitrogens with zero attached hydrogens (tertiary/aromatic N) is 2.